The van der Waals surface area contributed by atoms with Gasteiger partial charge in [0.05, 0.1) is 59.2 Å². The molecule has 2 aliphatic carbocycles. The fourth-order valence-corrected chi connectivity index (χ4v) is 9.11. The van der Waals surface area contributed by atoms with Gasteiger partial charge in [-0.2, -0.15) is 20.2 Å². The number of hydrogen-bond acceptors (Lipinski definition) is 15. The Balaban J connectivity index is 0.000000156. The van der Waals surface area contributed by atoms with Crippen LogP contribution in [0.2, 0.25) is 5.15 Å². The first kappa shape index (κ1) is 47.8. The molecule has 0 bridgehead atoms. The number of hydrogen-bond donors (Lipinski definition) is 5. The minimum atomic E-state index is 0. The number of nitrogen functional groups attached to an aromatic ring is 3. The Kier molecular flexibility index (Phi) is 12.8. The summed E-state index contributed by atoms with van der Waals surface area (Å²) in [6.45, 7) is 7.59. The lowest BCUT2D eigenvalue weighted by molar-refractivity contribution is 0.393. The smallest absolute Gasteiger partial charge is 0.223 e. The summed E-state index contributed by atoms with van der Waals surface area (Å²) in [7, 11) is 7.15. The van der Waals surface area contributed by atoms with Crippen LogP contribution in [0.25, 0.3) is 66.1 Å². The summed E-state index contributed by atoms with van der Waals surface area (Å²) < 4.78 is 25.7. The van der Waals surface area contributed by atoms with Crippen LogP contribution in [0.5, 0.6) is 11.5 Å². The van der Waals surface area contributed by atoms with Crippen molar-refractivity contribution in [2.75, 3.05) is 31.4 Å². The number of aromatic amines is 2. The molecule has 69 heavy (non-hydrogen) atoms. The molecule has 0 atom stereocenters. The molecule has 8 heterocycles. The molecule has 2 saturated carbocycles. The second-order valence-electron chi connectivity index (χ2n) is 17.2. The van der Waals surface area contributed by atoms with E-state index in [0.717, 1.165) is 101 Å². The quantitative estimate of drug-likeness (QED) is 0.0887. The van der Waals surface area contributed by atoms with E-state index < -0.39 is 0 Å². The molecule has 2 aliphatic rings. The average molecular weight is 957 g/mol. The number of methoxy groups -OCH3 is 2. The van der Waals surface area contributed by atoms with Crippen LogP contribution in [-0.2, 0) is 20.5 Å². The van der Waals surface area contributed by atoms with Crippen LogP contribution in [0.4, 0.5) is 17.7 Å². The van der Waals surface area contributed by atoms with Gasteiger partial charge < -0.3 is 45.7 Å². The van der Waals surface area contributed by atoms with E-state index in [1.54, 1.807) is 18.9 Å². The van der Waals surface area contributed by atoms with Crippen molar-refractivity contribution in [3.05, 3.63) is 87.2 Å². The third kappa shape index (κ3) is 8.85. The van der Waals surface area contributed by atoms with E-state index >= 15 is 0 Å². The van der Waals surface area contributed by atoms with Crippen LogP contribution < -0.4 is 26.7 Å². The number of nitrogens with two attached hydrogens (primary N) is 3. The van der Waals surface area contributed by atoms with Crippen molar-refractivity contribution < 1.29 is 18.5 Å². The lowest BCUT2D eigenvalue weighted by Gasteiger charge is -2.09. The number of H-pyrrole nitrogens is 2. The molecule has 20 heteroatoms. The molecule has 8 aromatic heterocycles. The number of aromatic nitrogens is 12. The van der Waals surface area contributed by atoms with Crippen LogP contribution in [0.15, 0.2) is 45.4 Å². The number of benzene rings is 2. The molecule has 360 valence electrons. The van der Waals surface area contributed by atoms with Crippen LogP contribution in [0, 0.1) is 27.7 Å². The standard InChI is InChI=1S/C24H25N7O2.C16H14ClN5O2.C7H11N3.2CH4/c1-11-21(12(2)33-30-11)16-9-18-15(10-20(16)32-4)22-19(27-24(25)28-23(22)26-18)8-14-7-17(13-5-6-13)29-31(14)3;1-6-12(7(2)24-22-6)9-4-10-8(5-11(9)23-3)13-14(17)20-16(18)21-15(13)19-10;1-10-7(8)4-6(9-10)5-2-3-5;;/h7,9-10,13H,5-6,8H2,1-4H3,(H3,25,26,27,28);4-5H,1-3H3,(H3,18,19,20,21);4-5H,2-3,8H2,1H3;2*1H4. The predicted octanol–water partition coefficient (Wildman–Crippen LogP) is 9.95. The molecular formula is C49H58ClN15O4. The first-order chi connectivity index (χ1) is 32.2. The molecule has 10 aromatic rings. The topological polar surface area (TPSA) is 267 Å². The summed E-state index contributed by atoms with van der Waals surface area (Å²) in [5.74, 6) is 5.33. The highest BCUT2D eigenvalue weighted by molar-refractivity contribution is 6.36. The van der Waals surface area contributed by atoms with Gasteiger partial charge in [0.1, 0.15) is 45.3 Å². The van der Waals surface area contributed by atoms with Gasteiger partial charge in [-0.1, -0.05) is 36.8 Å². The van der Waals surface area contributed by atoms with Gasteiger partial charge in [-0.05, 0) is 83.7 Å². The highest BCUT2D eigenvalue weighted by atomic mass is 35.5. The zero-order valence-corrected chi connectivity index (χ0v) is 39.1. The summed E-state index contributed by atoms with van der Waals surface area (Å²) >= 11 is 6.25. The zero-order valence-electron chi connectivity index (χ0n) is 38.4. The average Bonchev–Trinajstić information content (AvgIpc) is 4.11. The Labute approximate surface area is 403 Å². The number of halogens is 1. The first-order valence-electron chi connectivity index (χ1n) is 21.9. The number of aryl methyl sites for hydroxylation is 6. The SMILES string of the molecule is C.C.COc1cc2c(cc1-c1c(C)noc1C)[nH]c1nc(N)nc(Cc3cc(C4CC4)nn3C)c12.COc1cc2c(cc1-c1c(C)noc1C)[nH]c1nc(N)nc(Cl)c12.Cn1nc(C2CC2)cc1N. The van der Waals surface area contributed by atoms with Crippen molar-refractivity contribution in [2.24, 2.45) is 14.1 Å². The van der Waals surface area contributed by atoms with E-state index in [0.29, 0.717) is 45.8 Å². The van der Waals surface area contributed by atoms with Crippen LogP contribution in [-0.4, -0.2) is 74.0 Å². The van der Waals surface area contributed by atoms with E-state index in [2.05, 4.69) is 57.4 Å². The molecule has 2 aromatic carbocycles. The molecule has 8 N–H and O–H groups in total. The molecule has 2 fully saturated rings. The monoisotopic (exact) mass is 955 g/mol. The fraction of sp³-hybridized carbons (Fsp3) is 0.347. The van der Waals surface area contributed by atoms with Crippen molar-refractivity contribution in [1.82, 2.24) is 59.8 Å². The second kappa shape index (κ2) is 18.4. The van der Waals surface area contributed by atoms with E-state index in [4.69, 9.17) is 52.4 Å². The molecule has 12 rings (SSSR count). The number of nitrogens with one attached hydrogen (secondary N) is 2. The Morgan fingerprint density at radius 1 is 0.652 bits per heavy atom. The van der Waals surface area contributed by atoms with E-state index in [1.807, 2.05) is 70.7 Å². The lowest BCUT2D eigenvalue weighted by atomic mass is 10.00. The molecule has 0 amide bonds. The summed E-state index contributed by atoms with van der Waals surface area (Å²) in [6.07, 6.45) is 5.63. The Morgan fingerprint density at radius 3 is 1.59 bits per heavy atom. The van der Waals surface area contributed by atoms with Gasteiger partial charge >= 0.3 is 0 Å². The highest BCUT2D eigenvalue weighted by Crippen LogP contribution is 2.43. The van der Waals surface area contributed by atoms with Crippen LogP contribution >= 0.6 is 11.6 Å². The predicted molar refractivity (Wildman–Crippen MR) is 271 cm³/mol. The molecule has 0 saturated heterocycles. The Bertz CT molecular complexity index is 3470. The summed E-state index contributed by atoms with van der Waals surface area (Å²) in [6, 6.07) is 12.1. The highest BCUT2D eigenvalue weighted by Gasteiger charge is 2.28. The Hall–Kier alpha value is -7.67. The maximum Gasteiger partial charge on any atom is 0.223 e. The van der Waals surface area contributed by atoms with Crippen molar-refractivity contribution in [3.8, 4) is 33.8 Å². The molecule has 0 spiro atoms. The van der Waals surface area contributed by atoms with Crippen molar-refractivity contribution >= 4 is 73.2 Å². The van der Waals surface area contributed by atoms with Gasteiger partial charge in [0.2, 0.25) is 11.9 Å². The molecule has 0 radical (unpaired) electrons. The summed E-state index contributed by atoms with van der Waals surface area (Å²) in [5.41, 5.74) is 30.0. The van der Waals surface area contributed by atoms with Gasteiger partial charge in [-0.15, -0.1) is 0 Å². The van der Waals surface area contributed by atoms with Gasteiger partial charge in [-0.25, -0.2) is 9.97 Å². The number of anilines is 3. The number of fused-ring (bicyclic) bond motifs is 6. The number of rotatable bonds is 8. The minimum Gasteiger partial charge on any atom is -0.496 e. The largest absolute Gasteiger partial charge is 0.496 e. The third-order valence-corrected chi connectivity index (χ3v) is 12.8. The fourth-order valence-electron chi connectivity index (χ4n) is 8.83. The van der Waals surface area contributed by atoms with Crippen LogP contribution in [0.1, 0.15) is 98.1 Å². The van der Waals surface area contributed by atoms with Crippen LogP contribution in [0.3, 0.4) is 0 Å². The third-order valence-electron chi connectivity index (χ3n) is 12.5. The van der Waals surface area contributed by atoms with Gasteiger partial charge in [0.15, 0.2) is 0 Å². The number of nitrogens with zero attached hydrogens (tertiary/aromatic N) is 10. The summed E-state index contributed by atoms with van der Waals surface area (Å²) in [5, 5.41) is 20.9. The van der Waals surface area contributed by atoms with Gasteiger partial charge in [0, 0.05) is 82.4 Å². The van der Waals surface area contributed by atoms with E-state index in [1.165, 1.54) is 31.4 Å². The second-order valence-corrected chi connectivity index (χ2v) is 17.6. The van der Waals surface area contributed by atoms with Gasteiger partial charge in [-0.3, -0.25) is 9.36 Å². The summed E-state index contributed by atoms with van der Waals surface area (Å²) in [4.78, 5) is 24.0. The van der Waals surface area contributed by atoms with Crippen molar-refractivity contribution in [1.29, 1.82) is 0 Å². The molecular weight excluding hydrogens is 898 g/mol. The normalized spacial score (nSPS) is 13.2. The minimum absolute atomic E-state index is 0. The maximum atomic E-state index is 6.25. The Morgan fingerprint density at radius 2 is 1.13 bits per heavy atom. The molecule has 0 unspecified atom stereocenters. The maximum absolute atomic E-state index is 6.25. The van der Waals surface area contributed by atoms with E-state index in [9.17, 15) is 0 Å². The lowest BCUT2D eigenvalue weighted by Crippen LogP contribution is -2.04. The molecule has 19 nitrogen and oxygen atoms in total. The van der Waals surface area contributed by atoms with Gasteiger partial charge in [0.25, 0.3) is 0 Å². The molecule has 0 aliphatic heterocycles. The van der Waals surface area contributed by atoms with Crippen molar-refractivity contribution in [2.45, 2.75) is 86.5 Å². The van der Waals surface area contributed by atoms with E-state index in [-0.39, 0.29) is 26.7 Å². The first-order valence-corrected chi connectivity index (χ1v) is 22.2. The van der Waals surface area contributed by atoms with Crippen molar-refractivity contribution in [3.63, 3.8) is 0 Å². The number of ether oxygens (including phenoxy) is 2. The zero-order chi connectivity index (χ0) is 47.0.